The standard InChI is InChI=1S/C26H41N7O2/c1-8-33-14-20(11-28-33)13-31(15-21-18(4)29-30(7)19(21)5)25(35)22-9-26(22)10-23(24(34)27-6)32(16-26)12-17(2)3/h11,14,17,22-23H,8-10,12-13,15-16H2,1-7H3,(H,27,34)/t22-,23+,26+/m1/s1. The Morgan fingerprint density at radius 2 is 2.00 bits per heavy atom. The van der Waals surface area contributed by atoms with Gasteiger partial charge in [0.15, 0.2) is 0 Å². The maximum absolute atomic E-state index is 14.0. The number of hydrogen-bond donors (Lipinski definition) is 1. The molecule has 4 rings (SSSR count). The van der Waals surface area contributed by atoms with Crippen LogP contribution >= 0.6 is 0 Å². The molecule has 0 radical (unpaired) electrons. The normalized spacial score (nSPS) is 23.9. The van der Waals surface area contributed by atoms with Gasteiger partial charge in [0.05, 0.1) is 17.9 Å². The van der Waals surface area contributed by atoms with Crippen molar-refractivity contribution in [3.05, 3.63) is 34.9 Å². The Hall–Kier alpha value is -2.68. The van der Waals surface area contributed by atoms with Crippen molar-refractivity contribution in [1.29, 1.82) is 0 Å². The van der Waals surface area contributed by atoms with Gasteiger partial charge in [-0.15, -0.1) is 0 Å². The molecular weight excluding hydrogens is 442 g/mol. The molecule has 1 aliphatic carbocycles. The molecule has 3 atom stereocenters. The molecule has 1 N–H and O–H groups in total. The highest BCUT2D eigenvalue weighted by Gasteiger charge is 2.64. The minimum absolute atomic E-state index is 0.0506. The molecule has 9 nitrogen and oxygen atoms in total. The van der Waals surface area contributed by atoms with E-state index in [-0.39, 0.29) is 29.2 Å². The van der Waals surface area contributed by atoms with E-state index >= 15 is 0 Å². The summed E-state index contributed by atoms with van der Waals surface area (Å²) in [6, 6.07) is -0.153. The van der Waals surface area contributed by atoms with E-state index in [1.165, 1.54) is 0 Å². The average molecular weight is 484 g/mol. The lowest BCUT2D eigenvalue weighted by atomic mass is 9.98. The van der Waals surface area contributed by atoms with Crippen LogP contribution in [0, 0.1) is 31.1 Å². The first-order valence-corrected chi connectivity index (χ1v) is 12.8. The first kappa shape index (κ1) is 25.4. The van der Waals surface area contributed by atoms with E-state index in [2.05, 4.69) is 48.1 Å². The first-order valence-electron chi connectivity index (χ1n) is 12.8. The number of carbonyl (C=O) groups excluding carboxylic acids is 2. The Kier molecular flexibility index (Phi) is 7.09. The molecule has 2 aromatic heterocycles. The second-order valence-corrected chi connectivity index (χ2v) is 10.9. The second kappa shape index (κ2) is 9.76. The molecule has 2 aliphatic rings. The van der Waals surface area contributed by atoms with Crippen LogP contribution in [0.4, 0.5) is 0 Å². The highest BCUT2D eigenvalue weighted by atomic mass is 16.2. The van der Waals surface area contributed by atoms with E-state index < -0.39 is 0 Å². The third kappa shape index (κ3) is 5.01. The Balaban J connectivity index is 1.57. The molecule has 9 heteroatoms. The maximum Gasteiger partial charge on any atom is 0.237 e. The summed E-state index contributed by atoms with van der Waals surface area (Å²) in [4.78, 5) is 30.9. The summed E-state index contributed by atoms with van der Waals surface area (Å²) in [5, 5.41) is 11.8. The van der Waals surface area contributed by atoms with Gasteiger partial charge in [0.2, 0.25) is 11.8 Å². The van der Waals surface area contributed by atoms with Crippen LogP contribution in [-0.4, -0.2) is 67.4 Å². The van der Waals surface area contributed by atoms with E-state index in [0.29, 0.717) is 19.0 Å². The summed E-state index contributed by atoms with van der Waals surface area (Å²) in [6.07, 6.45) is 5.48. The molecular formula is C26H41N7O2. The third-order valence-electron chi connectivity index (χ3n) is 7.90. The van der Waals surface area contributed by atoms with Crippen LogP contribution in [-0.2, 0) is 36.3 Å². The fourth-order valence-electron chi connectivity index (χ4n) is 5.83. The Labute approximate surface area is 208 Å². The van der Waals surface area contributed by atoms with Crippen molar-refractivity contribution < 1.29 is 9.59 Å². The SMILES string of the molecule is CCn1cc(CN(Cc2c(C)nn(C)c2C)C(=O)[C@H]2C[C@@]23C[C@@H](C(=O)NC)N(CC(C)C)C3)cn1. The zero-order valence-electron chi connectivity index (χ0n) is 22.3. The molecule has 1 spiro atoms. The van der Waals surface area contributed by atoms with Crippen molar-refractivity contribution in [1.82, 2.24) is 34.7 Å². The smallest absolute Gasteiger partial charge is 0.237 e. The van der Waals surface area contributed by atoms with Crippen LogP contribution in [0.1, 0.15) is 56.1 Å². The van der Waals surface area contributed by atoms with Gasteiger partial charge in [-0.3, -0.25) is 23.9 Å². The molecule has 192 valence electrons. The lowest BCUT2D eigenvalue weighted by Gasteiger charge is -2.25. The third-order valence-corrected chi connectivity index (χ3v) is 7.90. The van der Waals surface area contributed by atoms with Crippen molar-refractivity contribution in [3.63, 3.8) is 0 Å². The molecule has 1 saturated heterocycles. The van der Waals surface area contributed by atoms with Crippen LogP contribution in [0.25, 0.3) is 0 Å². The van der Waals surface area contributed by atoms with Crippen LogP contribution in [0.2, 0.25) is 0 Å². The van der Waals surface area contributed by atoms with Crippen molar-refractivity contribution >= 4 is 11.8 Å². The number of aromatic nitrogens is 4. The average Bonchev–Trinajstić information content (AvgIpc) is 3.06. The van der Waals surface area contributed by atoms with Crippen molar-refractivity contribution in [2.75, 3.05) is 20.1 Å². The van der Waals surface area contributed by atoms with Gasteiger partial charge in [-0.05, 0) is 44.9 Å². The summed E-state index contributed by atoms with van der Waals surface area (Å²) in [6.45, 7) is 14.0. The van der Waals surface area contributed by atoms with Gasteiger partial charge < -0.3 is 10.2 Å². The van der Waals surface area contributed by atoms with E-state index in [1.807, 2.05) is 40.6 Å². The Morgan fingerprint density at radius 1 is 1.26 bits per heavy atom. The summed E-state index contributed by atoms with van der Waals surface area (Å²) >= 11 is 0. The summed E-state index contributed by atoms with van der Waals surface area (Å²) in [5.41, 5.74) is 4.08. The Morgan fingerprint density at radius 3 is 2.57 bits per heavy atom. The molecule has 2 aromatic rings. The zero-order valence-corrected chi connectivity index (χ0v) is 22.3. The molecule has 0 aromatic carbocycles. The Bertz CT molecular complexity index is 1090. The molecule has 0 bridgehead atoms. The lowest BCUT2D eigenvalue weighted by molar-refractivity contribution is -0.134. The number of hydrogen-bond acceptors (Lipinski definition) is 5. The number of likely N-dealkylation sites (tertiary alicyclic amines) is 1. The highest BCUT2D eigenvalue weighted by Crippen LogP contribution is 2.61. The van der Waals surface area contributed by atoms with Gasteiger partial charge in [-0.25, -0.2) is 0 Å². The maximum atomic E-state index is 14.0. The first-order chi connectivity index (χ1) is 16.6. The number of likely N-dealkylation sites (N-methyl/N-ethyl adjacent to an activating group) is 1. The molecule has 2 amide bonds. The number of rotatable bonds is 9. The molecule has 2 fully saturated rings. The minimum Gasteiger partial charge on any atom is -0.358 e. The quantitative estimate of drug-likeness (QED) is 0.591. The monoisotopic (exact) mass is 483 g/mol. The number of nitrogens with zero attached hydrogens (tertiary/aromatic N) is 6. The number of amides is 2. The van der Waals surface area contributed by atoms with E-state index in [0.717, 1.165) is 55.0 Å². The van der Waals surface area contributed by atoms with Crippen molar-refractivity contribution in [2.45, 2.75) is 73.1 Å². The van der Waals surface area contributed by atoms with E-state index in [1.54, 1.807) is 7.05 Å². The summed E-state index contributed by atoms with van der Waals surface area (Å²) in [7, 11) is 3.65. The fourth-order valence-corrected chi connectivity index (χ4v) is 5.83. The van der Waals surface area contributed by atoms with Gasteiger partial charge in [0.25, 0.3) is 0 Å². The largest absolute Gasteiger partial charge is 0.358 e. The van der Waals surface area contributed by atoms with Gasteiger partial charge in [0, 0.05) is 75.8 Å². The number of nitrogens with one attached hydrogen (secondary N) is 1. The highest BCUT2D eigenvalue weighted by molar-refractivity contribution is 5.85. The van der Waals surface area contributed by atoms with E-state index in [9.17, 15) is 9.59 Å². The van der Waals surface area contributed by atoms with Crippen LogP contribution in [0.3, 0.4) is 0 Å². The number of carbonyl (C=O) groups is 2. The van der Waals surface area contributed by atoms with Crippen LogP contribution < -0.4 is 5.32 Å². The van der Waals surface area contributed by atoms with Gasteiger partial charge in [-0.1, -0.05) is 13.8 Å². The van der Waals surface area contributed by atoms with Crippen molar-refractivity contribution in [2.24, 2.45) is 24.3 Å². The summed E-state index contributed by atoms with van der Waals surface area (Å²) < 4.78 is 3.78. The van der Waals surface area contributed by atoms with Gasteiger partial charge in [-0.2, -0.15) is 10.2 Å². The molecule has 0 unspecified atom stereocenters. The summed E-state index contributed by atoms with van der Waals surface area (Å²) in [5.74, 6) is 0.656. The fraction of sp³-hybridized carbons (Fsp3) is 0.692. The minimum atomic E-state index is -0.153. The van der Waals surface area contributed by atoms with Crippen molar-refractivity contribution in [3.8, 4) is 0 Å². The lowest BCUT2D eigenvalue weighted by Crippen LogP contribution is -2.43. The molecule has 1 saturated carbocycles. The van der Waals surface area contributed by atoms with Gasteiger partial charge in [0.1, 0.15) is 0 Å². The molecule has 3 heterocycles. The predicted molar refractivity (Wildman–Crippen MR) is 134 cm³/mol. The molecule has 35 heavy (non-hydrogen) atoms. The van der Waals surface area contributed by atoms with Crippen LogP contribution in [0.5, 0.6) is 0 Å². The van der Waals surface area contributed by atoms with Gasteiger partial charge >= 0.3 is 0 Å². The second-order valence-electron chi connectivity index (χ2n) is 10.9. The zero-order chi connectivity index (χ0) is 25.5. The van der Waals surface area contributed by atoms with E-state index in [4.69, 9.17) is 0 Å². The molecule has 1 aliphatic heterocycles. The van der Waals surface area contributed by atoms with Crippen LogP contribution in [0.15, 0.2) is 12.4 Å². The predicted octanol–water partition coefficient (Wildman–Crippen LogP) is 2.26. The number of aryl methyl sites for hydroxylation is 3. The topological polar surface area (TPSA) is 88.3 Å².